The summed E-state index contributed by atoms with van der Waals surface area (Å²) in [6, 6.07) is 8.46. The third-order valence-corrected chi connectivity index (χ3v) is 2.62. The van der Waals surface area contributed by atoms with Gasteiger partial charge in [-0.25, -0.2) is 0 Å². The Morgan fingerprint density at radius 3 is 3.00 bits per heavy atom. The molecule has 0 saturated carbocycles. The van der Waals surface area contributed by atoms with Gasteiger partial charge < -0.3 is 5.73 Å². The van der Waals surface area contributed by atoms with Crippen molar-refractivity contribution in [2.24, 2.45) is 10.8 Å². The van der Waals surface area contributed by atoms with E-state index in [4.69, 9.17) is 5.73 Å². The summed E-state index contributed by atoms with van der Waals surface area (Å²) in [5.41, 5.74) is 9.22. The van der Waals surface area contributed by atoms with Gasteiger partial charge in [-0.1, -0.05) is 12.1 Å². The van der Waals surface area contributed by atoms with E-state index in [1.54, 1.807) is 0 Å². The van der Waals surface area contributed by atoms with Crippen molar-refractivity contribution in [3.63, 3.8) is 0 Å². The minimum atomic E-state index is 0.700. The summed E-state index contributed by atoms with van der Waals surface area (Å²) in [5, 5.41) is 6.54. The van der Waals surface area contributed by atoms with Gasteiger partial charge >= 0.3 is 0 Å². The van der Waals surface area contributed by atoms with Gasteiger partial charge in [0.05, 0.1) is 5.69 Å². The second-order valence-electron chi connectivity index (χ2n) is 3.92. The highest BCUT2D eigenvalue weighted by Gasteiger charge is 2.12. The van der Waals surface area contributed by atoms with Crippen LogP contribution in [0.15, 0.2) is 29.4 Å². The normalized spacial score (nSPS) is 15.6. The van der Waals surface area contributed by atoms with Gasteiger partial charge in [-0.2, -0.15) is 5.10 Å². The first-order chi connectivity index (χ1) is 7.29. The average Bonchev–Trinajstić information content (AvgIpc) is 2.66. The van der Waals surface area contributed by atoms with E-state index in [1.165, 1.54) is 17.0 Å². The number of nitrogens with two attached hydrogens (primary N) is 1. The van der Waals surface area contributed by atoms with Gasteiger partial charge in [-0.05, 0) is 37.6 Å². The molecular formula is C12H17N3. The fourth-order valence-electron chi connectivity index (χ4n) is 1.80. The van der Waals surface area contributed by atoms with Crippen LogP contribution in [0.3, 0.4) is 0 Å². The molecule has 0 aromatic heterocycles. The number of anilines is 1. The Hall–Kier alpha value is -1.35. The first kappa shape index (κ1) is 10.2. The molecule has 1 heterocycles. The second kappa shape index (κ2) is 4.45. The van der Waals surface area contributed by atoms with Crippen LogP contribution >= 0.6 is 0 Å². The molecule has 0 aliphatic carbocycles. The van der Waals surface area contributed by atoms with Crippen LogP contribution in [-0.2, 0) is 6.42 Å². The van der Waals surface area contributed by atoms with E-state index < -0.39 is 0 Å². The van der Waals surface area contributed by atoms with Crippen molar-refractivity contribution in [3.8, 4) is 0 Å². The maximum absolute atomic E-state index is 5.54. The molecule has 1 aromatic carbocycles. The molecule has 0 radical (unpaired) electrons. The molecule has 0 unspecified atom stereocenters. The fourth-order valence-corrected chi connectivity index (χ4v) is 1.80. The summed E-state index contributed by atoms with van der Waals surface area (Å²) in [7, 11) is 0. The molecule has 0 fully saturated rings. The maximum Gasteiger partial charge on any atom is 0.0596 e. The minimum absolute atomic E-state index is 0.700. The summed E-state index contributed by atoms with van der Waals surface area (Å²) in [4.78, 5) is 0. The van der Waals surface area contributed by atoms with Crippen LogP contribution in [0.4, 0.5) is 5.69 Å². The summed E-state index contributed by atoms with van der Waals surface area (Å²) in [6.45, 7) is 3.77. The van der Waals surface area contributed by atoms with E-state index in [1.807, 2.05) is 0 Å². The van der Waals surface area contributed by atoms with Crippen LogP contribution in [0, 0.1) is 0 Å². The molecule has 2 rings (SSSR count). The predicted molar refractivity (Wildman–Crippen MR) is 64.3 cm³/mol. The van der Waals surface area contributed by atoms with Gasteiger partial charge in [0.1, 0.15) is 0 Å². The van der Waals surface area contributed by atoms with Gasteiger partial charge in [0, 0.05) is 18.7 Å². The predicted octanol–water partition coefficient (Wildman–Crippen LogP) is 1.77. The highest BCUT2D eigenvalue weighted by atomic mass is 15.5. The smallest absolute Gasteiger partial charge is 0.0596 e. The third-order valence-electron chi connectivity index (χ3n) is 2.62. The van der Waals surface area contributed by atoms with Crippen molar-refractivity contribution >= 4 is 11.4 Å². The van der Waals surface area contributed by atoms with Crippen LogP contribution in [-0.4, -0.2) is 18.8 Å². The highest BCUT2D eigenvalue weighted by molar-refractivity contribution is 5.85. The zero-order valence-electron chi connectivity index (χ0n) is 9.11. The van der Waals surface area contributed by atoms with Crippen molar-refractivity contribution in [1.29, 1.82) is 0 Å². The molecule has 3 heteroatoms. The fraction of sp³-hybridized carbons (Fsp3) is 0.417. The molecule has 80 valence electrons. The zero-order chi connectivity index (χ0) is 10.7. The largest absolute Gasteiger partial charge is 0.330 e. The molecule has 3 nitrogen and oxygen atoms in total. The number of hydrogen-bond donors (Lipinski definition) is 1. The van der Waals surface area contributed by atoms with E-state index in [9.17, 15) is 0 Å². The van der Waals surface area contributed by atoms with E-state index in [0.717, 1.165) is 19.4 Å². The van der Waals surface area contributed by atoms with Gasteiger partial charge in [0.2, 0.25) is 0 Å². The van der Waals surface area contributed by atoms with Crippen LogP contribution in [0.25, 0.3) is 0 Å². The van der Waals surface area contributed by atoms with E-state index >= 15 is 0 Å². The van der Waals surface area contributed by atoms with Crippen LogP contribution in [0.2, 0.25) is 0 Å². The Morgan fingerprint density at radius 2 is 2.33 bits per heavy atom. The standard InChI is InChI=1S/C12H17N3/c1-10-6-8-15(14-10)12-4-2-3-11(9-12)5-7-13/h2-4,9H,5-8,13H2,1H3. The molecule has 0 saturated heterocycles. The monoisotopic (exact) mass is 203 g/mol. The van der Waals surface area contributed by atoms with Crippen molar-refractivity contribution in [2.45, 2.75) is 19.8 Å². The van der Waals surface area contributed by atoms with Gasteiger partial charge in [-0.3, -0.25) is 5.01 Å². The summed E-state index contributed by atoms with van der Waals surface area (Å²) >= 11 is 0. The highest BCUT2D eigenvalue weighted by Crippen LogP contribution is 2.20. The Morgan fingerprint density at radius 1 is 1.47 bits per heavy atom. The number of hydrogen-bond acceptors (Lipinski definition) is 3. The lowest BCUT2D eigenvalue weighted by Gasteiger charge is -2.14. The molecule has 0 spiro atoms. The average molecular weight is 203 g/mol. The van der Waals surface area contributed by atoms with E-state index in [2.05, 4.69) is 41.3 Å². The number of rotatable bonds is 3. The molecule has 1 aromatic rings. The quantitative estimate of drug-likeness (QED) is 0.813. The van der Waals surface area contributed by atoms with E-state index in [0.29, 0.717) is 6.54 Å². The first-order valence-electron chi connectivity index (χ1n) is 5.40. The zero-order valence-corrected chi connectivity index (χ0v) is 9.11. The number of nitrogens with zero attached hydrogens (tertiary/aromatic N) is 2. The molecule has 1 aliphatic heterocycles. The third kappa shape index (κ3) is 2.36. The van der Waals surface area contributed by atoms with Crippen molar-refractivity contribution in [2.75, 3.05) is 18.1 Å². The topological polar surface area (TPSA) is 41.6 Å². The molecule has 2 N–H and O–H groups in total. The van der Waals surface area contributed by atoms with Crippen LogP contribution < -0.4 is 10.7 Å². The molecule has 15 heavy (non-hydrogen) atoms. The summed E-state index contributed by atoms with van der Waals surface area (Å²) in [5.74, 6) is 0. The van der Waals surface area contributed by atoms with Crippen LogP contribution in [0.1, 0.15) is 18.9 Å². The van der Waals surface area contributed by atoms with Gasteiger partial charge in [0.25, 0.3) is 0 Å². The molecule has 1 aliphatic rings. The lowest BCUT2D eigenvalue weighted by Crippen LogP contribution is -2.12. The Bertz CT molecular complexity index is 371. The Balaban J connectivity index is 2.18. The SMILES string of the molecule is CC1=NN(c2cccc(CCN)c2)CC1. The van der Waals surface area contributed by atoms with Crippen molar-refractivity contribution < 1.29 is 0 Å². The Kier molecular flexibility index (Phi) is 3.02. The molecule has 0 atom stereocenters. The minimum Gasteiger partial charge on any atom is -0.330 e. The maximum atomic E-state index is 5.54. The Labute approximate surface area is 90.6 Å². The first-order valence-corrected chi connectivity index (χ1v) is 5.40. The van der Waals surface area contributed by atoms with Gasteiger partial charge in [0.15, 0.2) is 0 Å². The number of hydrazone groups is 1. The lowest BCUT2D eigenvalue weighted by atomic mass is 10.1. The van der Waals surface area contributed by atoms with Crippen LogP contribution in [0.5, 0.6) is 0 Å². The second-order valence-corrected chi connectivity index (χ2v) is 3.92. The molecule has 0 amide bonds. The molecular weight excluding hydrogens is 186 g/mol. The van der Waals surface area contributed by atoms with Crippen molar-refractivity contribution in [1.82, 2.24) is 0 Å². The van der Waals surface area contributed by atoms with Gasteiger partial charge in [-0.15, -0.1) is 0 Å². The van der Waals surface area contributed by atoms with Crippen molar-refractivity contribution in [3.05, 3.63) is 29.8 Å². The molecule has 0 bridgehead atoms. The summed E-state index contributed by atoms with van der Waals surface area (Å²) < 4.78 is 0. The van der Waals surface area contributed by atoms with E-state index in [-0.39, 0.29) is 0 Å². The lowest BCUT2D eigenvalue weighted by molar-refractivity contribution is 0.913. The summed E-state index contributed by atoms with van der Waals surface area (Å²) in [6.07, 6.45) is 2.01. The number of benzene rings is 1.